The minimum absolute atomic E-state index is 0.175. The highest BCUT2D eigenvalue weighted by Crippen LogP contribution is 2.52. The molecule has 2 aromatic rings. The van der Waals surface area contributed by atoms with Gasteiger partial charge in [0.15, 0.2) is 15.7 Å². The fourth-order valence-corrected chi connectivity index (χ4v) is 5.75. The number of ether oxygens (including phenoxy) is 1. The molecule has 0 unspecified atom stereocenters. The highest BCUT2D eigenvalue weighted by molar-refractivity contribution is 7.91. The Labute approximate surface area is 171 Å². The molecule has 29 heavy (non-hydrogen) atoms. The van der Waals surface area contributed by atoms with Gasteiger partial charge < -0.3 is 9.64 Å². The highest BCUT2D eigenvalue weighted by atomic mass is 32.2. The maximum absolute atomic E-state index is 12.6. The molecule has 6 nitrogen and oxygen atoms in total. The van der Waals surface area contributed by atoms with Crippen LogP contribution in [0, 0.1) is 0 Å². The first-order valence-electron chi connectivity index (χ1n) is 10.1. The summed E-state index contributed by atoms with van der Waals surface area (Å²) in [5, 5.41) is 0. The van der Waals surface area contributed by atoms with Gasteiger partial charge in [0.05, 0.1) is 24.9 Å². The molecule has 1 aliphatic heterocycles. The number of fused-ring (bicyclic) bond motifs is 1. The van der Waals surface area contributed by atoms with E-state index in [1.807, 2.05) is 18.2 Å². The van der Waals surface area contributed by atoms with E-state index in [-0.39, 0.29) is 6.04 Å². The number of aromatic nitrogens is 2. The van der Waals surface area contributed by atoms with Gasteiger partial charge in [0, 0.05) is 24.4 Å². The van der Waals surface area contributed by atoms with Crippen molar-refractivity contribution < 1.29 is 13.2 Å². The summed E-state index contributed by atoms with van der Waals surface area (Å²) in [7, 11) is -3.26. The van der Waals surface area contributed by atoms with Crippen LogP contribution >= 0.6 is 0 Å². The lowest BCUT2D eigenvalue weighted by Gasteiger charge is -2.34. The minimum Gasteiger partial charge on any atom is -0.377 e. The summed E-state index contributed by atoms with van der Waals surface area (Å²) >= 11 is 0. The van der Waals surface area contributed by atoms with E-state index in [2.05, 4.69) is 30.0 Å². The second kappa shape index (κ2) is 6.64. The van der Waals surface area contributed by atoms with Crippen LogP contribution in [-0.2, 0) is 25.7 Å². The number of benzene rings is 1. The summed E-state index contributed by atoms with van der Waals surface area (Å²) in [6.07, 6.45) is 7.72. The van der Waals surface area contributed by atoms with E-state index in [4.69, 9.17) is 14.7 Å². The predicted molar refractivity (Wildman–Crippen MR) is 114 cm³/mol. The molecule has 2 heterocycles. The first-order chi connectivity index (χ1) is 13.9. The van der Waals surface area contributed by atoms with Crippen molar-refractivity contribution in [3.8, 4) is 11.4 Å². The van der Waals surface area contributed by atoms with Crippen molar-refractivity contribution in [1.82, 2.24) is 9.97 Å². The zero-order chi connectivity index (χ0) is 20.2. The Bertz CT molecular complexity index is 1110. The topological polar surface area (TPSA) is 72.4 Å². The third kappa shape index (κ3) is 3.07. The molecule has 1 atom stereocenters. The van der Waals surface area contributed by atoms with Gasteiger partial charge in [0.1, 0.15) is 10.6 Å². The van der Waals surface area contributed by atoms with Gasteiger partial charge in [0.25, 0.3) is 0 Å². The van der Waals surface area contributed by atoms with Crippen molar-refractivity contribution in [2.45, 2.75) is 37.0 Å². The molecule has 5 rings (SSSR count). The summed E-state index contributed by atoms with van der Waals surface area (Å²) in [4.78, 5) is 11.9. The van der Waals surface area contributed by atoms with Crippen LogP contribution in [0.15, 0.2) is 30.3 Å². The molecular formula is C22H25N3O3S. The van der Waals surface area contributed by atoms with Crippen molar-refractivity contribution in [2.75, 3.05) is 30.9 Å². The smallest absolute Gasteiger partial charge is 0.162 e. The molecule has 7 heteroatoms. The Morgan fingerprint density at radius 3 is 2.79 bits per heavy atom. The van der Waals surface area contributed by atoms with Crippen LogP contribution in [0.5, 0.6) is 0 Å². The average Bonchev–Trinajstić information content (AvgIpc) is 3.39. The third-order valence-corrected chi connectivity index (χ3v) is 8.35. The molecular weight excluding hydrogens is 386 g/mol. The van der Waals surface area contributed by atoms with Gasteiger partial charge in [-0.3, -0.25) is 0 Å². The highest BCUT2D eigenvalue weighted by Gasteiger charge is 2.55. The van der Waals surface area contributed by atoms with Crippen LogP contribution < -0.4 is 4.90 Å². The summed E-state index contributed by atoms with van der Waals surface area (Å²) in [5.74, 6) is 1.39. The van der Waals surface area contributed by atoms with E-state index in [0.717, 1.165) is 29.9 Å². The zero-order valence-electron chi connectivity index (χ0n) is 16.8. The molecule has 1 aromatic carbocycles. The normalized spacial score (nSPS) is 22.6. The Hall–Kier alpha value is -2.25. The lowest BCUT2D eigenvalue weighted by Crippen LogP contribution is -2.44. The lowest BCUT2D eigenvalue weighted by atomic mass is 10.0. The van der Waals surface area contributed by atoms with Crippen LogP contribution in [0.1, 0.15) is 36.6 Å². The Balaban J connectivity index is 1.70. The summed E-state index contributed by atoms with van der Waals surface area (Å²) in [6, 6.07) is 8.23. The predicted octanol–water partition coefficient (Wildman–Crippen LogP) is 2.97. The fraction of sp³-hybridized carbons (Fsp3) is 0.455. The van der Waals surface area contributed by atoms with E-state index < -0.39 is 14.6 Å². The van der Waals surface area contributed by atoms with E-state index in [1.54, 1.807) is 0 Å². The molecule has 3 aliphatic rings. The Morgan fingerprint density at radius 1 is 1.24 bits per heavy atom. The Morgan fingerprint density at radius 2 is 2.07 bits per heavy atom. The van der Waals surface area contributed by atoms with Crippen molar-refractivity contribution in [2.24, 2.45) is 0 Å². The van der Waals surface area contributed by atoms with Crippen molar-refractivity contribution in [1.29, 1.82) is 0 Å². The number of morpholine rings is 1. The SMILES string of the molecule is C[C@@H]1COCCN1c1cc(C2(S(C)(=O)=O)CC2)nc(-c2cccc3c2C=CC3)n1. The number of rotatable bonds is 4. The number of anilines is 1. The van der Waals surface area contributed by atoms with Gasteiger partial charge in [-0.15, -0.1) is 0 Å². The molecule has 0 amide bonds. The monoisotopic (exact) mass is 411 g/mol. The fourth-order valence-electron chi connectivity index (χ4n) is 4.42. The largest absolute Gasteiger partial charge is 0.377 e. The number of nitrogens with zero attached hydrogens (tertiary/aromatic N) is 3. The first-order valence-corrected chi connectivity index (χ1v) is 12.0. The summed E-state index contributed by atoms with van der Waals surface area (Å²) in [6.45, 7) is 4.11. The Kier molecular flexibility index (Phi) is 4.29. The van der Waals surface area contributed by atoms with Gasteiger partial charge in [-0.1, -0.05) is 30.4 Å². The van der Waals surface area contributed by atoms with Gasteiger partial charge in [0.2, 0.25) is 0 Å². The van der Waals surface area contributed by atoms with Crippen LogP contribution in [0.3, 0.4) is 0 Å². The van der Waals surface area contributed by atoms with Gasteiger partial charge >= 0.3 is 0 Å². The van der Waals surface area contributed by atoms with Crippen molar-refractivity contribution in [3.05, 3.63) is 47.2 Å². The van der Waals surface area contributed by atoms with Gasteiger partial charge in [-0.05, 0) is 37.3 Å². The molecule has 0 radical (unpaired) electrons. The van der Waals surface area contributed by atoms with Crippen molar-refractivity contribution >= 4 is 21.7 Å². The van der Waals surface area contributed by atoms with E-state index in [1.165, 1.54) is 11.8 Å². The molecule has 0 spiro atoms. The maximum atomic E-state index is 12.6. The van der Waals surface area contributed by atoms with E-state index >= 15 is 0 Å². The average molecular weight is 412 g/mol. The maximum Gasteiger partial charge on any atom is 0.162 e. The quantitative estimate of drug-likeness (QED) is 0.770. The standard InChI is InChI=1S/C22H25N3O3S/c1-15-14-28-12-11-25(15)20-13-19(22(9-10-22)29(2,26)27)23-21(24-20)18-8-4-6-16-5-3-7-17(16)18/h3-4,6-8,13,15H,5,9-12,14H2,1-2H3/t15-/m1/s1. The van der Waals surface area contributed by atoms with E-state index in [9.17, 15) is 8.42 Å². The molecule has 152 valence electrons. The zero-order valence-corrected chi connectivity index (χ0v) is 17.6. The molecule has 1 saturated heterocycles. The van der Waals surface area contributed by atoms with Gasteiger partial charge in [-0.25, -0.2) is 18.4 Å². The van der Waals surface area contributed by atoms with Gasteiger partial charge in [-0.2, -0.15) is 0 Å². The van der Waals surface area contributed by atoms with Crippen LogP contribution in [0.2, 0.25) is 0 Å². The number of allylic oxidation sites excluding steroid dienone is 1. The van der Waals surface area contributed by atoms with E-state index in [0.29, 0.717) is 37.6 Å². The summed E-state index contributed by atoms with van der Waals surface area (Å²) in [5.41, 5.74) is 3.97. The molecule has 2 aliphatic carbocycles. The molecule has 0 bridgehead atoms. The molecule has 1 saturated carbocycles. The lowest BCUT2D eigenvalue weighted by molar-refractivity contribution is 0.0985. The summed E-state index contributed by atoms with van der Waals surface area (Å²) < 4.78 is 29.9. The molecule has 0 N–H and O–H groups in total. The van der Waals surface area contributed by atoms with Crippen LogP contribution in [-0.4, -0.2) is 50.4 Å². The number of hydrogen-bond acceptors (Lipinski definition) is 6. The third-order valence-electron chi connectivity index (χ3n) is 6.31. The van der Waals surface area contributed by atoms with Crippen molar-refractivity contribution in [3.63, 3.8) is 0 Å². The first kappa shape index (κ1) is 18.8. The number of sulfone groups is 1. The number of hydrogen-bond donors (Lipinski definition) is 0. The van der Waals surface area contributed by atoms with Crippen LogP contribution in [0.25, 0.3) is 17.5 Å². The second-order valence-electron chi connectivity index (χ2n) is 8.30. The second-order valence-corrected chi connectivity index (χ2v) is 10.6. The van der Waals surface area contributed by atoms with Crippen LogP contribution in [0.4, 0.5) is 5.82 Å². The minimum atomic E-state index is -3.26. The molecule has 1 aromatic heterocycles. The molecule has 2 fully saturated rings.